The fourth-order valence-corrected chi connectivity index (χ4v) is 2.24. The molecular formula is C16H10ClNO5. The van der Waals surface area contributed by atoms with Crippen LogP contribution in [0.2, 0.25) is 5.02 Å². The van der Waals surface area contributed by atoms with E-state index in [4.69, 9.17) is 20.9 Å². The summed E-state index contributed by atoms with van der Waals surface area (Å²) in [5.74, 6) is -0.922. The number of phenols is 2. The molecule has 3 rings (SSSR count). The number of benzene rings is 2. The van der Waals surface area contributed by atoms with Crippen molar-refractivity contribution in [2.75, 3.05) is 0 Å². The highest BCUT2D eigenvalue weighted by Gasteiger charge is 2.18. The van der Waals surface area contributed by atoms with Gasteiger partial charge in [-0.15, -0.1) is 0 Å². The van der Waals surface area contributed by atoms with Crippen LogP contribution in [0, 0.1) is 0 Å². The zero-order chi connectivity index (χ0) is 16.4. The third kappa shape index (κ3) is 2.97. The molecule has 0 aliphatic heterocycles. The smallest absolute Gasteiger partial charge is 0.343 e. The fraction of sp³-hybridized carbons (Fsp3) is 0. The molecule has 7 heteroatoms. The Morgan fingerprint density at radius 3 is 2.65 bits per heavy atom. The van der Waals surface area contributed by atoms with Crippen molar-refractivity contribution in [3.63, 3.8) is 0 Å². The van der Waals surface area contributed by atoms with Crippen LogP contribution >= 0.6 is 11.6 Å². The Kier molecular flexibility index (Phi) is 3.91. The first kappa shape index (κ1) is 14.9. The van der Waals surface area contributed by atoms with E-state index >= 15 is 0 Å². The highest BCUT2D eigenvalue weighted by atomic mass is 35.5. The lowest BCUT2D eigenvalue weighted by atomic mass is 10.1. The molecule has 1 heterocycles. The van der Waals surface area contributed by atoms with E-state index in [1.807, 2.05) is 0 Å². The van der Waals surface area contributed by atoms with Gasteiger partial charge in [0.15, 0.2) is 17.3 Å². The third-order valence-electron chi connectivity index (χ3n) is 3.07. The van der Waals surface area contributed by atoms with Gasteiger partial charge in [-0.3, -0.25) is 0 Å². The van der Waals surface area contributed by atoms with Crippen LogP contribution in [0.5, 0.6) is 17.2 Å². The first-order valence-electron chi connectivity index (χ1n) is 6.50. The van der Waals surface area contributed by atoms with Gasteiger partial charge < -0.3 is 19.5 Å². The Morgan fingerprint density at radius 2 is 1.96 bits per heavy atom. The zero-order valence-corrected chi connectivity index (χ0v) is 12.3. The number of aromatic nitrogens is 1. The normalized spacial score (nSPS) is 10.5. The molecule has 0 spiro atoms. The SMILES string of the molecule is O=C(Oc1cccc(Cl)c1-c1ccno1)c1ccc(O)c(O)c1. The van der Waals surface area contributed by atoms with Crippen LogP contribution in [0.1, 0.15) is 10.4 Å². The Bertz CT molecular complexity index is 861. The molecule has 0 unspecified atom stereocenters. The van der Waals surface area contributed by atoms with Crippen LogP contribution < -0.4 is 4.74 Å². The van der Waals surface area contributed by atoms with E-state index in [1.165, 1.54) is 18.3 Å². The Morgan fingerprint density at radius 1 is 1.13 bits per heavy atom. The van der Waals surface area contributed by atoms with Crippen molar-refractivity contribution in [2.24, 2.45) is 0 Å². The monoisotopic (exact) mass is 331 g/mol. The molecule has 1 aromatic heterocycles. The van der Waals surface area contributed by atoms with Gasteiger partial charge in [-0.1, -0.05) is 22.8 Å². The van der Waals surface area contributed by atoms with Crippen molar-refractivity contribution in [3.8, 4) is 28.6 Å². The molecule has 0 saturated heterocycles. The topological polar surface area (TPSA) is 92.8 Å². The molecule has 0 bridgehead atoms. The molecule has 2 aromatic carbocycles. The van der Waals surface area contributed by atoms with E-state index in [0.29, 0.717) is 16.3 Å². The standard InChI is InChI=1S/C16H10ClNO5/c17-10-2-1-3-13(15(10)14-6-7-18-23-14)22-16(21)9-4-5-11(19)12(20)8-9/h1-8,19-20H. The fourth-order valence-electron chi connectivity index (χ4n) is 1.98. The molecule has 0 atom stereocenters. The van der Waals surface area contributed by atoms with E-state index in [9.17, 15) is 15.0 Å². The van der Waals surface area contributed by atoms with Crippen molar-refractivity contribution in [1.82, 2.24) is 5.16 Å². The quantitative estimate of drug-likeness (QED) is 0.432. The van der Waals surface area contributed by atoms with Crippen molar-refractivity contribution in [2.45, 2.75) is 0 Å². The number of nitrogens with zero attached hydrogens (tertiary/aromatic N) is 1. The van der Waals surface area contributed by atoms with E-state index in [2.05, 4.69) is 5.16 Å². The van der Waals surface area contributed by atoms with E-state index in [-0.39, 0.29) is 17.1 Å². The van der Waals surface area contributed by atoms with Gasteiger partial charge in [-0.2, -0.15) is 0 Å². The maximum atomic E-state index is 12.2. The van der Waals surface area contributed by atoms with Gasteiger partial charge >= 0.3 is 5.97 Å². The third-order valence-corrected chi connectivity index (χ3v) is 3.39. The molecule has 3 aromatic rings. The molecule has 0 fully saturated rings. The predicted molar refractivity (Wildman–Crippen MR) is 81.7 cm³/mol. The number of hydrogen-bond donors (Lipinski definition) is 2. The molecule has 116 valence electrons. The van der Waals surface area contributed by atoms with E-state index in [0.717, 1.165) is 6.07 Å². The minimum Gasteiger partial charge on any atom is -0.504 e. The highest BCUT2D eigenvalue weighted by Crippen LogP contribution is 2.37. The molecule has 0 aliphatic rings. The Balaban J connectivity index is 1.95. The van der Waals surface area contributed by atoms with Crippen LogP contribution in [0.4, 0.5) is 0 Å². The molecule has 0 aliphatic carbocycles. The van der Waals surface area contributed by atoms with Gasteiger partial charge in [0.25, 0.3) is 0 Å². The highest BCUT2D eigenvalue weighted by molar-refractivity contribution is 6.33. The summed E-state index contributed by atoms with van der Waals surface area (Å²) in [6.45, 7) is 0. The van der Waals surface area contributed by atoms with Gasteiger partial charge in [0.1, 0.15) is 5.75 Å². The summed E-state index contributed by atoms with van der Waals surface area (Å²) in [6.07, 6.45) is 1.45. The lowest BCUT2D eigenvalue weighted by Gasteiger charge is -2.10. The van der Waals surface area contributed by atoms with E-state index < -0.39 is 11.7 Å². The Hall–Kier alpha value is -2.99. The summed E-state index contributed by atoms with van der Waals surface area (Å²) in [5, 5.41) is 22.7. The number of halogens is 1. The van der Waals surface area contributed by atoms with Crippen LogP contribution in [0.25, 0.3) is 11.3 Å². The van der Waals surface area contributed by atoms with Crippen molar-refractivity contribution < 1.29 is 24.3 Å². The van der Waals surface area contributed by atoms with Crippen LogP contribution in [0.15, 0.2) is 53.2 Å². The summed E-state index contributed by atoms with van der Waals surface area (Å²) < 4.78 is 10.4. The molecule has 0 saturated carbocycles. The van der Waals surface area contributed by atoms with Gasteiger partial charge in [-0.25, -0.2) is 4.79 Å². The number of carbonyl (C=O) groups excluding carboxylic acids is 1. The Labute approximate surface area is 135 Å². The number of phenolic OH excluding ortho intramolecular Hbond substituents is 2. The largest absolute Gasteiger partial charge is 0.504 e. The molecular weight excluding hydrogens is 322 g/mol. The summed E-state index contributed by atoms with van der Waals surface area (Å²) in [7, 11) is 0. The molecule has 23 heavy (non-hydrogen) atoms. The summed E-state index contributed by atoms with van der Waals surface area (Å²) in [6, 6.07) is 10.0. The van der Waals surface area contributed by atoms with Gasteiger partial charge in [0.2, 0.25) is 0 Å². The first-order valence-corrected chi connectivity index (χ1v) is 6.88. The van der Waals surface area contributed by atoms with Gasteiger partial charge in [-0.05, 0) is 30.3 Å². The van der Waals surface area contributed by atoms with Gasteiger partial charge in [0.05, 0.1) is 22.3 Å². The number of esters is 1. The van der Waals surface area contributed by atoms with Gasteiger partial charge in [0, 0.05) is 6.07 Å². The summed E-state index contributed by atoms with van der Waals surface area (Å²) >= 11 is 6.14. The molecule has 0 amide bonds. The maximum Gasteiger partial charge on any atom is 0.343 e. The summed E-state index contributed by atoms with van der Waals surface area (Å²) in [4.78, 5) is 12.2. The molecule has 2 N–H and O–H groups in total. The number of carbonyl (C=O) groups is 1. The number of rotatable bonds is 3. The average molecular weight is 332 g/mol. The minimum atomic E-state index is -0.719. The summed E-state index contributed by atoms with van der Waals surface area (Å²) in [5.41, 5.74) is 0.465. The zero-order valence-electron chi connectivity index (χ0n) is 11.6. The van der Waals surface area contributed by atoms with Crippen molar-refractivity contribution in [1.29, 1.82) is 0 Å². The van der Waals surface area contributed by atoms with E-state index in [1.54, 1.807) is 24.3 Å². The minimum absolute atomic E-state index is 0.0730. The second-order valence-electron chi connectivity index (χ2n) is 4.58. The second kappa shape index (κ2) is 6.02. The lowest BCUT2D eigenvalue weighted by molar-refractivity contribution is 0.0735. The maximum absolute atomic E-state index is 12.2. The molecule has 0 radical (unpaired) electrons. The average Bonchev–Trinajstić information content (AvgIpc) is 3.04. The second-order valence-corrected chi connectivity index (χ2v) is 4.99. The number of aromatic hydroxyl groups is 2. The van der Waals surface area contributed by atoms with Crippen molar-refractivity contribution >= 4 is 17.6 Å². The number of ether oxygens (including phenoxy) is 1. The van der Waals surface area contributed by atoms with Crippen molar-refractivity contribution in [3.05, 3.63) is 59.2 Å². The first-order chi connectivity index (χ1) is 11.1. The molecule has 6 nitrogen and oxygen atoms in total. The predicted octanol–water partition coefficient (Wildman–Crippen LogP) is 3.63. The van der Waals surface area contributed by atoms with Crippen LogP contribution in [0.3, 0.4) is 0 Å². The van der Waals surface area contributed by atoms with Crippen LogP contribution in [-0.2, 0) is 0 Å². The lowest BCUT2D eigenvalue weighted by Crippen LogP contribution is -2.09. The van der Waals surface area contributed by atoms with Crippen LogP contribution in [-0.4, -0.2) is 21.3 Å². The number of hydrogen-bond acceptors (Lipinski definition) is 6.